The van der Waals surface area contributed by atoms with Gasteiger partial charge in [0.2, 0.25) is 0 Å². The third-order valence-electron chi connectivity index (χ3n) is 4.22. The molecule has 2 aromatic rings. The van der Waals surface area contributed by atoms with Gasteiger partial charge in [-0.15, -0.1) is 0 Å². The summed E-state index contributed by atoms with van der Waals surface area (Å²) in [7, 11) is 0. The predicted molar refractivity (Wildman–Crippen MR) is 93.3 cm³/mol. The summed E-state index contributed by atoms with van der Waals surface area (Å²) in [6, 6.07) is 3.24. The van der Waals surface area contributed by atoms with Crippen molar-refractivity contribution in [1.29, 1.82) is 0 Å². The molecule has 2 N–H and O–H groups in total. The Morgan fingerprint density at radius 1 is 1.32 bits per heavy atom. The van der Waals surface area contributed by atoms with Crippen molar-refractivity contribution in [2.45, 2.75) is 46.2 Å². The molecule has 1 atom stereocenters. The van der Waals surface area contributed by atoms with Gasteiger partial charge < -0.3 is 10.6 Å². The van der Waals surface area contributed by atoms with Gasteiger partial charge in [-0.25, -0.2) is 13.5 Å². The Morgan fingerprint density at radius 3 is 2.52 bits per heavy atom. The number of carbonyl (C=O) groups is 1. The van der Waals surface area contributed by atoms with E-state index in [4.69, 9.17) is 5.73 Å². The van der Waals surface area contributed by atoms with E-state index in [1.165, 1.54) is 18.3 Å². The number of aromatic nitrogens is 2. The number of anilines is 1. The largest absolute Gasteiger partial charge is 0.383 e. The van der Waals surface area contributed by atoms with Crippen LogP contribution in [0.25, 0.3) is 0 Å². The van der Waals surface area contributed by atoms with Gasteiger partial charge in [-0.3, -0.25) is 4.79 Å². The molecule has 136 valence electrons. The van der Waals surface area contributed by atoms with Crippen LogP contribution in [-0.2, 0) is 6.42 Å². The highest BCUT2D eigenvalue weighted by Gasteiger charge is 2.25. The molecule has 1 aromatic carbocycles. The molecule has 25 heavy (non-hydrogen) atoms. The summed E-state index contributed by atoms with van der Waals surface area (Å²) in [5.41, 5.74) is 6.74. The molecule has 1 aromatic heterocycles. The first-order valence-electron chi connectivity index (χ1n) is 8.34. The van der Waals surface area contributed by atoms with Crippen LogP contribution in [0.15, 0.2) is 24.4 Å². The lowest BCUT2D eigenvalue weighted by molar-refractivity contribution is 0.0703. The van der Waals surface area contributed by atoms with E-state index in [1.54, 1.807) is 9.58 Å². The van der Waals surface area contributed by atoms with Gasteiger partial charge in [0.15, 0.2) is 0 Å². The molecule has 0 saturated heterocycles. The number of carbonyl (C=O) groups excluding carboxylic acids is 1. The number of hydrogen-bond acceptors (Lipinski definition) is 3. The SMILES string of the molecule is CCN(C(=O)c1cnn(C(C)C)c1N)C(C)Cc1ccc(F)cc1F. The summed E-state index contributed by atoms with van der Waals surface area (Å²) in [6.07, 6.45) is 1.75. The van der Waals surface area contributed by atoms with Crippen molar-refractivity contribution in [2.24, 2.45) is 0 Å². The van der Waals surface area contributed by atoms with Gasteiger partial charge in [-0.2, -0.15) is 5.10 Å². The lowest BCUT2D eigenvalue weighted by Gasteiger charge is -2.28. The smallest absolute Gasteiger partial charge is 0.259 e. The molecule has 0 fully saturated rings. The van der Waals surface area contributed by atoms with Gasteiger partial charge in [0.25, 0.3) is 5.91 Å². The molecule has 1 unspecified atom stereocenters. The van der Waals surface area contributed by atoms with Crippen LogP contribution in [0, 0.1) is 11.6 Å². The average Bonchev–Trinajstić information content (AvgIpc) is 2.92. The molecule has 0 radical (unpaired) electrons. The average molecular weight is 350 g/mol. The first kappa shape index (κ1) is 18.9. The van der Waals surface area contributed by atoms with Crippen molar-refractivity contribution < 1.29 is 13.6 Å². The lowest BCUT2D eigenvalue weighted by atomic mass is 10.0. The Balaban J connectivity index is 2.21. The molecule has 0 spiro atoms. The summed E-state index contributed by atoms with van der Waals surface area (Å²) in [4.78, 5) is 14.5. The number of hydrogen-bond donors (Lipinski definition) is 1. The topological polar surface area (TPSA) is 64.2 Å². The van der Waals surface area contributed by atoms with E-state index in [-0.39, 0.29) is 24.4 Å². The minimum Gasteiger partial charge on any atom is -0.383 e. The van der Waals surface area contributed by atoms with Crippen molar-refractivity contribution in [3.63, 3.8) is 0 Å². The molecule has 0 aliphatic rings. The quantitative estimate of drug-likeness (QED) is 0.868. The number of nitrogens with two attached hydrogens (primary N) is 1. The maximum atomic E-state index is 13.9. The Hall–Kier alpha value is -2.44. The van der Waals surface area contributed by atoms with E-state index in [9.17, 15) is 13.6 Å². The fourth-order valence-electron chi connectivity index (χ4n) is 2.87. The van der Waals surface area contributed by atoms with Crippen molar-refractivity contribution in [3.8, 4) is 0 Å². The Bertz CT molecular complexity index is 758. The summed E-state index contributed by atoms with van der Waals surface area (Å²) in [5.74, 6) is -1.16. The van der Waals surface area contributed by atoms with Crippen LogP contribution in [0.2, 0.25) is 0 Å². The second-order valence-electron chi connectivity index (χ2n) is 6.36. The van der Waals surface area contributed by atoms with Crippen LogP contribution in [0.5, 0.6) is 0 Å². The Labute approximate surface area is 146 Å². The summed E-state index contributed by atoms with van der Waals surface area (Å²) >= 11 is 0. The van der Waals surface area contributed by atoms with Crippen LogP contribution < -0.4 is 5.73 Å². The van der Waals surface area contributed by atoms with Crippen LogP contribution in [0.3, 0.4) is 0 Å². The van der Waals surface area contributed by atoms with E-state index in [0.717, 1.165) is 6.07 Å². The standard InChI is InChI=1S/C18H24F2N4O/c1-5-23(12(4)8-13-6-7-14(19)9-16(13)20)18(25)15-10-22-24(11(2)3)17(15)21/h6-7,9-12H,5,8,21H2,1-4H3. The van der Waals surface area contributed by atoms with E-state index in [2.05, 4.69) is 5.10 Å². The predicted octanol–water partition coefficient (Wildman–Crippen LogP) is 3.42. The van der Waals surface area contributed by atoms with Gasteiger partial charge in [-0.1, -0.05) is 6.07 Å². The number of nitrogens with zero attached hydrogens (tertiary/aromatic N) is 3. The highest BCUT2D eigenvalue weighted by atomic mass is 19.1. The van der Waals surface area contributed by atoms with E-state index >= 15 is 0 Å². The van der Waals surface area contributed by atoms with Crippen LogP contribution >= 0.6 is 0 Å². The molecule has 0 saturated carbocycles. The molecule has 0 aliphatic carbocycles. The monoisotopic (exact) mass is 350 g/mol. The fourth-order valence-corrected chi connectivity index (χ4v) is 2.87. The maximum Gasteiger partial charge on any atom is 0.259 e. The Morgan fingerprint density at radius 2 is 2.00 bits per heavy atom. The van der Waals surface area contributed by atoms with E-state index in [1.807, 2.05) is 27.7 Å². The van der Waals surface area contributed by atoms with Gasteiger partial charge >= 0.3 is 0 Å². The highest BCUT2D eigenvalue weighted by Crippen LogP contribution is 2.21. The number of rotatable bonds is 6. The zero-order chi connectivity index (χ0) is 18.7. The molecular formula is C18H24F2N4O. The molecule has 7 heteroatoms. The summed E-state index contributed by atoms with van der Waals surface area (Å²) in [5, 5.41) is 4.16. The minimum atomic E-state index is -0.619. The lowest BCUT2D eigenvalue weighted by Crippen LogP contribution is -2.40. The third kappa shape index (κ3) is 3.97. The first-order valence-corrected chi connectivity index (χ1v) is 8.34. The number of halogens is 2. The zero-order valence-electron chi connectivity index (χ0n) is 15.0. The molecule has 2 rings (SSSR count). The van der Waals surface area contributed by atoms with Gasteiger partial charge in [0.1, 0.15) is 23.0 Å². The van der Waals surface area contributed by atoms with Crippen LogP contribution in [0.4, 0.5) is 14.6 Å². The molecular weight excluding hydrogens is 326 g/mol. The number of amides is 1. The molecule has 0 bridgehead atoms. The number of benzene rings is 1. The third-order valence-corrected chi connectivity index (χ3v) is 4.22. The van der Waals surface area contributed by atoms with E-state index in [0.29, 0.717) is 23.5 Å². The van der Waals surface area contributed by atoms with Crippen molar-refractivity contribution in [1.82, 2.24) is 14.7 Å². The molecule has 1 heterocycles. The maximum absolute atomic E-state index is 13.9. The number of nitrogen functional groups attached to an aromatic ring is 1. The number of likely N-dealkylation sites (N-methyl/N-ethyl adjacent to an activating group) is 1. The fraction of sp³-hybridized carbons (Fsp3) is 0.444. The van der Waals surface area contributed by atoms with E-state index < -0.39 is 11.6 Å². The molecule has 5 nitrogen and oxygen atoms in total. The Kier molecular flexibility index (Phi) is 5.77. The van der Waals surface area contributed by atoms with Crippen LogP contribution in [-0.4, -0.2) is 33.2 Å². The van der Waals surface area contributed by atoms with Crippen LogP contribution in [0.1, 0.15) is 49.7 Å². The summed E-state index contributed by atoms with van der Waals surface area (Å²) < 4.78 is 28.5. The normalized spacial score (nSPS) is 12.4. The first-order chi connectivity index (χ1) is 11.8. The van der Waals surface area contributed by atoms with Gasteiger partial charge in [0, 0.05) is 24.7 Å². The second-order valence-corrected chi connectivity index (χ2v) is 6.36. The highest BCUT2D eigenvalue weighted by molar-refractivity contribution is 5.98. The van der Waals surface area contributed by atoms with Gasteiger partial charge in [0.05, 0.1) is 6.20 Å². The van der Waals surface area contributed by atoms with Gasteiger partial charge in [-0.05, 0) is 45.7 Å². The van der Waals surface area contributed by atoms with Crippen molar-refractivity contribution in [3.05, 3.63) is 47.2 Å². The second kappa shape index (κ2) is 7.63. The minimum absolute atomic E-state index is 0.0439. The van der Waals surface area contributed by atoms with Crippen molar-refractivity contribution >= 4 is 11.7 Å². The van der Waals surface area contributed by atoms with Crippen molar-refractivity contribution in [2.75, 3.05) is 12.3 Å². The zero-order valence-corrected chi connectivity index (χ0v) is 15.0. The molecule has 0 aliphatic heterocycles. The molecule has 1 amide bonds. The summed E-state index contributed by atoms with van der Waals surface area (Å²) in [6.45, 7) is 7.96.